The second-order valence-corrected chi connectivity index (χ2v) is 5.87. The Kier molecular flexibility index (Phi) is 4.12. The van der Waals surface area contributed by atoms with Gasteiger partial charge in [-0.2, -0.15) is 0 Å². The number of nitrogens with two attached hydrogens (primary N) is 1. The van der Waals surface area contributed by atoms with Crippen molar-refractivity contribution in [2.45, 2.75) is 30.0 Å². The Morgan fingerprint density at radius 2 is 2.35 bits per heavy atom. The monoisotopic (exact) mass is 254 g/mol. The molecule has 0 spiro atoms. The lowest BCUT2D eigenvalue weighted by molar-refractivity contribution is 0.288. The first-order chi connectivity index (χ1) is 8.19. The Balaban J connectivity index is 1.99. The molecule has 1 atom stereocenters. The Morgan fingerprint density at radius 1 is 1.59 bits per heavy atom. The number of thioether (sulfide) groups is 1. The number of nitrogens with zero attached hydrogens (tertiary/aromatic N) is 1. The van der Waals surface area contributed by atoms with Gasteiger partial charge in [0.2, 0.25) is 5.88 Å². The van der Waals surface area contributed by atoms with Crippen LogP contribution in [0.1, 0.15) is 19.8 Å². The topological polar surface area (TPSA) is 68.4 Å². The van der Waals surface area contributed by atoms with Crippen molar-refractivity contribution in [2.24, 2.45) is 5.92 Å². The van der Waals surface area contributed by atoms with E-state index in [1.807, 2.05) is 19.1 Å². The molecule has 5 heteroatoms. The molecule has 1 unspecified atom stereocenters. The Bertz CT molecular complexity index is 383. The lowest BCUT2D eigenvalue weighted by atomic mass is 10.4. The van der Waals surface area contributed by atoms with Crippen molar-refractivity contribution in [1.82, 2.24) is 4.98 Å². The first-order valence-electron chi connectivity index (χ1n) is 5.86. The summed E-state index contributed by atoms with van der Waals surface area (Å²) >= 11 is 1.52. The summed E-state index contributed by atoms with van der Waals surface area (Å²) in [4.78, 5) is 4.36. The van der Waals surface area contributed by atoms with Crippen molar-refractivity contribution in [3.63, 3.8) is 0 Å². The molecule has 17 heavy (non-hydrogen) atoms. The summed E-state index contributed by atoms with van der Waals surface area (Å²) in [6, 6.07) is 3.66. The Hall–Kier alpha value is -0.940. The van der Waals surface area contributed by atoms with Gasteiger partial charge in [-0.1, -0.05) is 6.92 Å². The molecule has 1 heterocycles. The number of hydrogen-bond donors (Lipinski definition) is 2. The summed E-state index contributed by atoms with van der Waals surface area (Å²) in [6.45, 7) is 2.79. The minimum Gasteiger partial charge on any atom is -0.476 e. The van der Waals surface area contributed by atoms with Gasteiger partial charge in [-0.3, -0.25) is 0 Å². The first kappa shape index (κ1) is 12.5. The van der Waals surface area contributed by atoms with E-state index in [9.17, 15) is 0 Å². The highest BCUT2D eigenvalue weighted by molar-refractivity contribution is 7.99. The van der Waals surface area contributed by atoms with Gasteiger partial charge < -0.3 is 15.6 Å². The smallest absolute Gasteiger partial charge is 0.238 e. The van der Waals surface area contributed by atoms with Crippen LogP contribution in [0.5, 0.6) is 5.88 Å². The third-order valence-electron chi connectivity index (χ3n) is 2.60. The fraction of sp³-hybridized carbons (Fsp3) is 0.583. The number of hydrogen-bond acceptors (Lipinski definition) is 5. The highest BCUT2D eigenvalue weighted by Gasteiger charge is 2.22. The predicted molar refractivity (Wildman–Crippen MR) is 69.3 cm³/mol. The number of rotatable bonds is 6. The molecule has 1 aromatic heterocycles. The lowest BCUT2D eigenvalue weighted by Crippen LogP contribution is -2.06. The summed E-state index contributed by atoms with van der Waals surface area (Å²) in [6.07, 6.45) is 2.49. The third-order valence-corrected chi connectivity index (χ3v) is 3.62. The van der Waals surface area contributed by atoms with E-state index in [1.54, 1.807) is 0 Å². The normalized spacial score (nSPS) is 16.8. The molecule has 2 rings (SSSR count). The van der Waals surface area contributed by atoms with E-state index in [0.717, 1.165) is 5.03 Å². The molecule has 0 aromatic carbocycles. The Morgan fingerprint density at radius 3 is 3.00 bits per heavy atom. The maximum Gasteiger partial charge on any atom is 0.238 e. The van der Waals surface area contributed by atoms with Gasteiger partial charge in [0.05, 0.1) is 18.9 Å². The largest absolute Gasteiger partial charge is 0.476 e. The molecule has 1 aromatic rings. The van der Waals surface area contributed by atoms with Gasteiger partial charge in [-0.15, -0.1) is 11.8 Å². The molecule has 1 fully saturated rings. The number of pyridine rings is 1. The zero-order chi connectivity index (χ0) is 12.3. The second-order valence-electron chi connectivity index (χ2n) is 4.41. The van der Waals surface area contributed by atoms with Gasteiger partial charge >= 0.3 is 0 Å². The molecular weight excluding hydrogens is 236 g/mol. The number of ether oxygens (including phenoxy) is 1. The maximum atomic E-state index is 9.00. The summed E-state index contributed by atoms with van der Waals surface area (Å²) in [5.74, 6) is 1.20. The highest BCUT2D eigenvalue weighted by Crippen LogP contribution is 2.31. The zero-order valence-corrected chi connectivity index (χ0v) is 10.7. The standard InChI is InChI=1S/C12H18N2O2S/c1-8(6-15)17-11-5-4-10(13)12(14-11)16-7-9-2-3-9/h4-5,8-9,15H,2-3,6-7,13H2,1H3. The number of aliphatic hydroxyl groups is 1. The van der Waals surface area contributed by atoms with Crippen LogP contribution in [0.2, 0.25) is 0 Å². The Labute approximate surface area is 106 Å². The van der Waals surface area contributed by atoms with Crippen LogP contribution in [0.15, 0.2) is 17.2 Å². The number of anilines is 1. The van der Waals surface area contributed by atoms with Gasteiger partial charge in [-0.25, -0.2) is 4.98 Å². The minimum atomic E-state index is 0.127. The van der Waals surface area contributed by atoms with Crippen LogP contribution >= 0.6 is 11.8 Å². The summed E-state index contributed by atoms with van der Waals surface area (Å²) in [7, 11) is 0. The molecule has 94 valence electrons. The van der Waals surface area contributed by atoms with E-state index in [-0.39, 0.29) is 11.9 Å². The van der Waals surface area contributed by atoms with Crippen LogP contribution in [-0.4, -0.2) is 28.6 Å². The van der Waals surface area contributed by atoms with E-state index in [1.165, 1.54) is 24.6 Å². The number of aliphatic hydroxyl groups excluding tert-OH is 1. The predicted octanol–water partition coefficient (Wildman–Crippen LogP) is 1.93. The minimum absolute atomic E-state index is 0.127. The average molecular weight is 254 g/mol. The molecule has 0 amide bonds. The third kappa shape index (κ3) is 3.78. The van der Waals surface area contributed by atoms with Gasteiger partial charge in [0, 0.05) is 5.25 Å². The molecular formula is C12H18N2O2S. The van der Waals surface area contributed by atoms with Crippen LogP contribution < -0.4 is 10.5 Å². The van der Waals surface area contributed by atoms with Crippen molar-refractivity contribution < 1.29 is 9.84 Å². The molecule has 1 aliphatic rings. The van der Waals surface area contributed by atoms with Crippen LogP contribution in [0, 0.1) is 5.92 Å². The van der Waals surface area contributed by atoms with E-state index in [4.69, 9.17) is 15.6 Å². The van der Waals surface area contributed by atoms with Crippen molar-refractivity contribution in [3.8, 4) is 5.88 Å². The summed E-state index contributed by atoms with van der Waals surface area (Å²) in [5.41, 5.74) is 6.39. The quantitative estimate of drug-likeness (QED) is 0.759. The van der Waals surface area contributed by atoms with Crippen molar-refractivity contribution in [2.75, 3.05) is 18.9 Å². The molecule has 4 nitrogen and oxygen atoms in total. The van der Waals surface area contributed by atoms with E-state index >= 15 is 0 Å². The van der Waals surface area contributed by atoms with Crippen molar-refractivity contribution in [3.05, 3.63) is 12.1 Å². The van der Waals surface area contributed by atoms with Crippen LogP contribution in [0.25, 0.3) is 0 Å². The highest BCUT2D eigenvalue weighted by atomic mass is 32.2. The van der Waals surface area contributed by atoms with E-state index in [2.05, 4.69) is 4.98 Å². The van der Waals surface area contributed by atoms with Crippen molar-refractivity contribution in [1.29, 1.82) is 0 Å². The van der Waals surface area contributed by atoms with E-state index < -0.39 is 0 Å². The fourth-order valence-electron chi connectivity index (χ4n) is 1.34. The first-order valence-corrected chi connectivity index (χ1v) is 6.74. The van der Waals surface area contributed by atoms with Crippen LogP contribution in [-0.2, 0) is 0 Å². The van der Waals surface area contributed by atoms with Crippen molar-refractivity contribution >= 4 is 17.4 Å². The summed E-state index contributed by atoms with van der Waals surface area (Å²) < 4.78 is 5.60. The van der Waals surface area contributed by atoms with Gasteiger partial charge in [-0.05, 0) is 30.9 Å². The number of nitrogen functional groups attached to an aromatic ring is 1. The molecule has 1 aliphatic carbocycles. The molecule has 0 saturated heterocycles. The van der Waals surface area contributed by atoms with Gasteiger partial charge in [0.25, 0.3) is 0 Å². The molecule has 0 aliphatic heterocycles. The summed E-state index contributed by atoms with van der Waals surface area (Å²) in [5, 5.41) is 9.97. The van der Waals surface area contributed by atoms with Gasteiger partial charge in [0.15, 0.2) is 0 Å². The molecule has 0 radical (unpaired) electrons. The molecule has 3 N–H and O–H groups in total. The lowest BCUT2D eigenvalue weighted by Gasteiger charge is -2.10. The van der Waals surface area contributed by atoms with Crippen LogP contribution in [0.3, 0.4) is 0 Å². The molecule has 1 saturated carbocycles. The SMILES string of the molecule is CC(CO)Sc1ccc(N)c(OCC2CC2)n1. The average Bonchev–Trinajstić information content (AvgIpc) is 3.13. The van der Waals surface area contributed by atoms with E-state index in [0.29, 0.717) is 24.1 Å². The zero-order valence-electron chi connectivity index (χ0n) is 9.93. The second kappa shape index (κ2) is 5.60. The molecule has 0 bridgehead atoms. The fourth-order valence-corrected chi connectivity index (χ4v) is 2.11. The van der Waals surface area contributed by atoms with Gasteiger partial charge in [0.1, 0.15) is 5.03 Å². The maximum absolute atomic E-state index is 9.00. The number of aromatic nitrogens is 1. The van der Waals surface area contributed by atoms with Crippen LogP contribution in [0.4, 0.5) is 5.69 Å².